The Bertz CT molecular complexity index is 566. The van der Waals surface area contributed by atoms with Crippen molar-refractivity contribution < 1.29 is 9.53 Å². The van der Waals surface area contributed by atoms with Gasteiger partial charge >= 0.3 is 6.03 Å². The van der Waals surface area contributed by atoms with E-state index >= 15 is 0 Å². The number of carbonyl (C=O) groups is 1. The molecular weight excluding hydrogens is 316 g/mol. The highest BCUT2D eigenvalue weighted by atomic mass is 16.5. The van der Waals surface area contributed by atoms with Gasteiger partial charge in [0.15, 0.2) is 0 Å². The van der Waals surface area contributed by atoms with E-state index in [9.17, 15) is 4.79 Å². The lowest BCUT2D eigenvalue weighted by atomic mass is 10.2. The zero-order valence-corrected chi connectivity index (χ0v) is 15.4. The van der Waals surface area contributed by atoms with Crippen LogP contribution in [0.15, 0.2) is 24.3 Å². The number of rotatable bonds is 4. The van der Waals surface area contributed by atoms with Crippen LogP contribution in [-0.2, 0) is 4.74 Å². The van der Waals surface area contributed by atoms with Crippen molar-refractivity contribution in [3.63, 3.8) is 0 Å². The Labute approximate surface area is 150 Å². The van der Waals surface area contributed by atoms with E-state index in [2.05, 4.69) is 35.0 Å². The fraction of sp³-hybridized carbons (Fsp3) is 0.632. The molecule has 1 unspecified atom stereocenters. The quantitative estimate of drug-likeness (QED) is 0.910. The SMILES string of the molecule is CCC(C)N1CCN(C(=O)Nc2ccccc2N2CCOCC2)CC1. The van der Waals surface area contributed by atoms with E-state index in [1.165, 1.54) is 0 Å². The molecule has 6 heteroatoms. The second-order valence-electron chi connectivity index (χ2n) is 6.83. The van der Waals surface area contributed by atoms with Crippen molar-refractivity contribution in [2.24, 2.45) is 0 Å². The molecule has 0 spiro atoms. The van der Waals surface area contributed by atoms with Gasteiger partial charge in [0.25, 0.3) is 0 Å². The van der Waals surface area contributed by atoms with Crippen molar-refractivity contribution in [1.82, 2.24) is 9.80 Å². The summed E-state index contributed by atoms with van der Waals surface area (Å²) < 4.78 is 5.43. The molecule has 2 heterocycles. The van der Waals surface area contributed by atoms with Gasteiger partial charge in [0.1, 0.15) is 0 Å². The van der Waals surface area contributed by atoms with E-state index in [0.29, 0.717) is 6.04 Å². The van der Waals surface area contributed by atoms with Crippen LogP contribution in [0.1, 0.15) is 20.3 Å². The molecular formula is C19H30N4O2. The third-order valence-electron chi connectivity index (χ3n) is 5.31. The van der Waals surface area contributed by atoms with E-state index in [-0.39, 0.29) is 6.03 Å². The Morgan fingerprint density at radius 1 is 1.12 bits per heavy atom. The maximum Gasteiger partial charge on any atom is 0.321 e. The number of morpholine rings is 1. The van der Waals surface area contributed by atoms with Crippen molar-refractivity contribution in [3.8, 4) is 0 Å². The highest BCUT2D eigenvalue weighted by Crippen LogP contribution is 2.26. The number of urea groups is 1. The molecule has 138 valence electrons. The Hall–Kier alpha value is -1.79. The summed E-state index contributed by atoms with van der Waals surface area (Å²) in [5.41, 5.74) is 1.97. The fourth-order valence-corrected chi connectivity index (χ4v) is 3.48. The molecule has 0 aliphatic carbocycles. The van der Waals surface area contributed by atoms with Gasteiger partial charge in [0, 0.05) is 45.3 Å². The molecule has 2 saturated heterocycles. The van der Waals surface area contributed by atoms with Crippen molar-refractivity contribution in [1.29, 1.82) is 0 Å². The molecule has 0 saturated carbocycles. The molecule has 2 amide bonds. The van der Waals surface area contributed by atoms with Gasteiger partial charge in [-0.05, 0) is 25.5 Å². The predicted molar refractivity (Wildman–Crippen MR) is 101 cm³/mol. The van der Waals surface area contributed by atoms with Crippen molar-refractivity contribution in [2.75, 3.05) is 62.7 Å². The van der Waals surface area contributed by atoms with E-state index in [1.807, 2.05) is 23.1 Å². The molecule has 2 fully saturated rings. The predicted octanol–water partition coefficient (Wildman–Crippen LogP) is 2.47. The summed E-state index contributed by atoms with van der Waals surface area (Å²) in [5, 5.41) is 3.12. The summed E-state index contributed by atoms with van der Waals surface area (Å²) in [6, 6.07) is 8.64. The molecule has 0 aromatic heterocycles. The van der Waals surface area contributed by atoms with E-state index in [4.69, 9.17) is 4.74 Å². The third kappa shape index (κ3) is 4.44. The van der Waals surface area contributed by atoms with Crippen LogP contribution >= 0.6 is 0 Å². The number of ether oxygens (including phenoxy) is 1. The zero-order chi connectivity index (χ0) is 17.6. The lowest BCUT2D eigenvalue weighted by molar-refractivity contribution is 0.117. The normalized spacial score (nSPS) is 20.4. The molecule has 1 aromatic carbocycles. The summed E-state index contributed by atoms with van der Waals surface area (Å²) in [6.07, 6.45) is 1.15. The van der Waals surface area contributed by atoms with Crippen molar-refractivity contribution in [3.05, 3.63) is 24.3 Å². The number of amides is 2. The first-order valence-electron chi connectivity index (χ1n) is 9.40. The standard InChI is InChI=1S/C19H30N4O2/c1-3-16(2)21-8-10-23(11-9-21)19(24)20-17-6-4-5-7-18(17)22-12-14-25-15-13-22/h4-7,16H,3,8-15H2,1-2H3,(H,20,24). The van der Waals surface area contributed by atoms with Gasteiger partial charge in [-0.15, -0.1) is 0 Å². The number of nitrogens with zero attached hydrogens (tertiary/aromatic N) is 3. The van der Waals surface area contributed by atoms with Gasteiger partial charge < -0.3 is 19.9 Å². The Balaban J connectivity index is 1.60. The largest absolute Gasteiger partial charge is 0.378 e. The summed E-state index contributed by atoms with van der Waals surface area (Å²) in [7, 11) is 0. The smallest absolute Gasteiger partial charge is 0.321 e. The van der Waals surface area contributed by atoms with Gasteiger partial charge in [-0.25, -0.2) is 4.79 Å². The Morgan fingerprint density at radius 3 is 2.48 bits per heavy atom. The summed E-state index contributed by atoms with van der Waals surface area (Å²) in [6.45, 7) is 11.1. The summed E-state index contributed by atoms with van der Waals surface area (Å²) >= 11 is 0. The highest BCUT2D eigenvalue weighted by Gasteiger charge is 2.24. The fourth-order valence-electron chi connectivity index (χ4n) is 3.48. The molecule has 1 aromatic rings. The maximum absolute atomic E-state index is 12.7. The number of nitrogens with one attached hydrogen (secondary N) is 1. The number of benzene rings is 1. The van der Waals surface area contributed by atoms with Gasteiger partial charge in [-0.3, -0.25) is 4.90 Å². The van der Waals surface area contributed by atoms with Crippen LogP contribution in [0, 0.1) is 0 Å². The summed E-state index contributed by atoms with van der Waals surface area (Å²) in [4.78, 5) is 19.4. The molecule has 1 atom stereocenters. The number of carbonyl (C=O) groups excluding carboxylic acids is 1. The molecule has 6 nitrogen and oxygen atoms in total. The maximum atomic E-state index is 12.7. The second kappa shape index (κ2) is 8.54. The van der Waals surface area contributed by atoms with Gasteiger partial charge in [-0.1, -0.05) is 19.1 Å². The average molecular weight is 346 g/mol. The monoisotopic (exact) mass is 346 g/mol. The van der Waals surface area contributed by atoms with Crippen molar-refractivity contribution >= 4 is 17.4 Å². The first-order chi connectivity index (χ1) is 12.2. The number of hydrogen-bond donors (Lipinski definition) is 1. The molecule has 0 bridgehead atoms. The molecule has 1 N–H and O–H groups in total. The average Bonchev–Trinajstić information content (AvgIpc) is 2.68. The lowest BCUT2D eigenvalue weighted by Crippen LogP contribution is -2.52. The highest BCUT2D eigenvalue weighted by molar-refractivity contribution is 5.93. The van der Waals surface area contributed by atoms with Crippen LogP contribution in [0.25, 0.3) is 0 Å². The van der Waals surface area contributed by atoms with E-state index < -0.39 is 0 Å². The topological polar surface area (TPSA) is 48.0 Å². The van der Waals surface area contributed by atoms with Crippen LogP contribution in [0.3, 0.4) is 0 Å². The molecule has 2 aliphatic rings. The molecule has 3 rings (SSSR count). The van der Waals surface area contributed by atoms with Crippen LogP contribution < -0.4 is 10.2 Å². The molecule has 25 heavy (non-hydrogen) atoms. The number of piperazine rings is 1. The van der Waals surface area contributed by atoms with Crippen molar-refractivity contribution in [2.45, 2.75) is 26.3 Å². The van der Waals surface area contributed by atoms with E-state index in [1.54, 1.807) is 0 Å². The van der Waals surface area contributed by atoms with Gasteiger partial charge in [0.05, 0.1) is 24.6 Å². The Kier molecular flexibility index (Phi) is 6.15. The number of hydrogen-bond acceptors (Lipinski definition) is 4. The van der Waals surface area contributed by atoms with Gasteiger partial charge in [0.2, 0.25) is 0 Å². The zero-order valence-electron chi connectivity index (χ0n) is 15.4. The molecule has 0 radical (unpaired) electrons. The minimum Gasteiger partial charge on any atom is -0.378 e. The van der Waals surface area contributed by atoms with Crippen LogP contribution in [0.4, 0.5) is 16.2 Å². The van der Waals surface area contributed by atoms with Crippen LogP contribution in [0.2, 0.25) is 0 Å². The first kappa shape index (κ1) is 18.0. The van der Waals surface area contributed by atoms with E-state index in [0.717, 1.165) is 70.3 Å². The second-order valence-corrected chi connectivity index (χ2v) is 6.83. The molecule has 2 aliphatic heterocycles. The Morgan fingerprint density at radius 2 is 1.80 bits per heavy atom. The minimum atomic E-state index is 0.00418. The lowest BCUT2D eigenvalue weighted by Gasteiger charge is -2.38. The third-order valence-corrected chi connectivity index (χ3v) is 5.31. The number of para-hydroxylation sites is 2. The summed E-state index contributed by atoms with van der Waals surface area (Å²) in [5.74, 6) is 0. The van der Waals surface area contributed by atoms with Crippen LogP contribution in [-0.4, -0.2) is 74.4 Å². The van der Waals surface area contributed by atoms with Gasteiger partial charge in [-0.2, -0.15) is 0 Å². The number of anilines is 2. The minimum absolute atomic E-state index is 0.00418. The first-order valence-corrected chi connectivity index (χ1v) is 9.40. The van der Waals surface area contributed by atoms with Crippen LogP contribution in [0.5, 0.6) is 0 Å².